The summed E-state index contributed by atoms with van der Waals surface area (Å²) in [6.45, 7) is 6.41. The van der Waals surface area contributed by atoms with Crippen LogP contribution >= 0.6 is 0 Å². The van der Waals surface area contributed by atoms with E-state index in [9.17, 15) is 4.79 Å². The summed E-state index contributed by atoms with van der Waals surface area (Å²) in [7, 11) is 1.59. The van der Waals surface area contributed by atoms with Crippen LogP contribution in [0.25, 0.3) is 0 Å². The number of aryl methyl sites for hydroxylation is 2. The molecule has 2 aromatic carbocycles. The van der Waals surface area contributed by atoms with Gasteiger partial charge in [-0.1, -0.05) is 18.2 Å². The Kier molecular flexibility index (Phi) is 5.04. The third-order valence-electron chi connectivity index (χ3n) is 3.39. The molecule has 116 valence electrons. The normalized spacial score (nSPS) is 10.2. The number of rotatable bonds is 5. The van der Waals surface area contributed by atoms with Gasteiger partial charge >= 0.3 is 0 Å². The van der Waals surface area contributed by atoms with E-state index in [1.54, 1.807) is 25.3 Å². The van der Waals surface area contributed by atoms with E-state index >= 15 is 0 Å². The molecule has 2 rings (SSSR count). The molecule has 4 nitrogen and oxygen atoms in total. The van der Waals surface area contributed by atoms with Gasteiger partial charge in [0.25, 0.3) is 5.91 Å². The van der Waals surface area contributed by atoms with Gasteiger partial charge in [-0.25, -0.2) is 0 Å². The first-order valence-corrected chi connectivity index (χ1v) is 7.27. The maximum Gasteiger partial charge on any atom is 0.255 e. The Labute approximate surface area is 131 Å². The molecule has 0 bridgehead atoms. The topological polar surface area (TPSA) is 47.6 Å². The Bertz CT molecular complexity index is 660. The Hall–Kier alpha value is -2.49. The van der Waals surface area contributed by atoms with Gasteiger partial charge < -0.3 is 14.8 Å². The molecule has 0 radical (unpaired) electrons. The van der Waals surface area contributed by atoms with Crippen LogP contribution in [0.4, 0.5) is 0 Å². The van der Waals surface area contributed by atoms with Gasteiger partial charge in [-0.15, -0.1) is 0 Å². The number of hydrogen-bond acceptors (Lipinski definition) is 3. The minimum Gasteiger partial charge on any atom is -0.497 e. The van der Waals surface area contributed by atoms with Crippen LogP contribution in [0.1, 0.15) is 28.4 Å². The van der Waals surface area contributed by atoms with Crippen molar-refractivity contribution in [2.75, 3.05) is 13.7 Å². The van der Waals surface area contributed by atoms with E-state index in [0.717, 1.165) is 16.9 Å². The first-order valence-electron chi connectivity index (χ1n) is 7.27. The fourth-order valence-electron chi connectivity index (χ4n) is 2.23. The molecule has 4 heteroatoms. The zero-order valence-electron chi connectivity index (χ0n) is 13.4. The Morgan fingerprint density at radius 3 is 2.41 bits per heavy atom. The molecule has 0 atom stereocenters. The molecule has 1 amide bonds. The lowest BCUT2D eigenvalue weighted by atomic mass is 10.1. The van der Waals surface area contributed by atoms with Gasteiger partial charge in [-0.3, -0.25) is 4.79 Å². The summed E-state index contributed by atoms with van der Waals surface area (Å²) in [5.41, 5.74) is 2.53. The molecule has 0 saturated carbocycles. The van der Waals surface area contributed by atoms with E-state index < -0.39 is 0 Å². The number of para-hydroxylation sites is 1. The van der Waals surface area contributed by atoms with Gasteiger partial charge in [0.15, 0.2) is 0 Å². The highest BCUT2D eigenvalue weighted by molar-refractivity contribution is 5.97. The fraction of sp³-hybridized carbons (Fsp3) is 0.278. The highest BCUT2D eigenvalue weighted by atomic mass is 16.5. The van der Waals surface area contributed by atoms with E-state index in [2.05, 4.69) is 5.32 Å². The number of ether oxygens (including phenoxy) is 2. The zero-order valence-corrected chi connectivity index (χ0v) is 13.4. The first-order chi connectivity index (χ1) is 10.6. The third-order valence-corrected chi connectivity index (χ3v) is 3.39. The van der Waals surface area contributed by atoms with Crippen LogP contribution < -0.4 is 14.8 Å². The van der Waals surface area contributed by atoms with Crippen molar-refractivity contribution in [2.24, 2.45) is 0 Å². The molecule has 0 aliphatic carbocycles. The number of carbonyl (C=O) groups excluding carboxylic acids is 1. The van der Waals surface area contributed by atoms with Crippen molar-refractivity contribution in [1.82, 2.24) is 5.32 Å². The highest BCUT2D eigenvalue weighted by Crippen LogP contribution is 2.33. The van der Waals surface area contributed by atoms with E-state index in [4.69, 9.17) is 9.47 Å². The van der Waals surface area contributed by atoms with E-state index in [1.165, 1.54) is 0 Å². The summed E-state index contributed by atoms with van der Waals surface area (Å²) >= 11 is 0. The van der Waals surface area contributed by atoms with Crippen LogP contribution in [0.3, 0.4) is 0 Å². The van der Waals surface area contributed by atoms with Crippen molar-refractivity contribution in [1.29, 1.82) is 0 Å². The summed E-state index contributed by atoms with van der Waals surface area (Å²) in [6, 6.07) is 11.1. The maximum absolute atomic E-state index is 12.2. The zero-order chi connectivity index (χ0) is 16.1. The molecule has 0 aliphatic rings. The quantitative estimate of drug-likeness (QED) is 0.912. The van der Waals surface area contributed by atoms with Crippen molar-refractivity contribution in [3.05, 3.63) is 53.1 Å². The number of carbonyl (C=O) groups is 1. The van der Waals surface area contributed by atoms with Gasteiger partial charge in [0.05, 0.1) is 12.7 Å². The van der Waals surface area contributed by atoms with Crippen molar-refractivity contribution in [2.45, 2.75) is 20.8 Å². The lowest BCUT2D eigenvalue weighted by Crippen LogP contribution is -2.23. The average Bonchev–Trinajstić information content (AvgIpc) is 2.51. The molecule has 1 N–H and O–H groups in total. The summed E-state index contributed by atoms with van der Waals surface area (Å²) in [5.74, 6) is 1.74. The van der Waals surface area contributed by atoms with E-state index in [-0.39, 0.29) is 5.91 Å². The maximum atomic E-state index is 12.2. The minimum absolute atomic E-state index is 0.161. The van der Waals surface area contributed by atoms with Gasteiger partial charge in [0.1, 0.15) is 17.2 Å². The Balaban J connectivity index is 2.45. The molecule has 0 aliphatic heterocycles. The van der Waals surface area contributed by atoms with E-state index in [1.807, 2.05) is 39.0 Å². The molecule has 0 saturated heterocycles. The van der Waals surface area contributed by atoms with Crippen LogP contribution in [0.2, 0.25) is 0 Å². The third kappa shape index (κ3) is 3.39. The number of nitrogens with one attached hydrogen (secondary N) is 1. The Morgan fingerprint density at radius 1 is 1.14 bits per heavy atom. The molecule has 0 spiro atoms. The van der Waals surface area contributed by atoms with Crippen molar-refractivity contribution < 1.29 is 14.3 Å². The largest absolute Gasteiger partial charge is 0.497 e. The second-order valence-corrected chi connectivity index (χ2v) is 5.04. The van der Waals surface area contributed by atoms with Crippen LogP contribution in [0, 0.1) is 13.8 Å². The number of hydrogen-bond donors (Lipinski definition) is 1. The lowest BCUT2D eigenvalue weighted by Gasteiger charge is -2.15. The van der Waals surface area contributed by atoms with Crippen LogP contribution in [0.15, 0.2) is 36.4 Å². The minimum atomic E-state index is -0.161. The summed E-state index contributed by atoms with van der Waals surface area (Å²) < 4.78 is 11.3. The predicted octanol–water partition coefficient (Wildman–Crippen LogP) is 3.85. The molecule has 0 heterocycles. The first kappa shape index (κ1) is 15.9. The summed E-state index contributed by atoms with van der Waals surface area (Å²) in [6.07, 6.45) is 0. The molecular formula is C18H21NO3. The van der Waals surface area contributed by atoms with Gasteiger partial charge in [-0.05, 0) is 44.0 Å². The van der Waals surface area contributed by atoms with Gasteiger partial charge in [-0.2, -0.15) is 0 Å². The molecule has 22 heavy (non-hydrogen) atoms. The lowest BCUT2D eigenvalue weighted by molar-refractivity contribution is 0.0953. The second-order valence-electron chi connectivity index (χ2n) is 5.04. The van der Waals surface area contributed by atoms with Crippen molar-refractivity contribution in [3.8, 4) is 17.2 Å². The van der Waals surface area contributed by atoms with Gasteiger partial charge in [0, 0.05) is 12.6 Å². The molecule has 0 aromatic heterocycles. The van der Waals surface area contributed by atoms with Crippen molar-refractivity contribution >= 4 is 5.91 Å². The Morgan fingerprint density at radius 2 is 1.82 bits per heavy atom. The van der Waals surface area contributed by atoms with Crippen LogP contribution in [-0.4, -0.2) is 19.6 Å². The smallest absolute Gasteiger partial charge is 0.255 e. The molecule has 0 unspecified atom stereocenters. The highest BCUT2D eigenvalue weighted by Gasteiger charge is 2.15. The van der Waals surface area contributed by atoms with Crippen LogP contribution in [0.5, 0.6) is 17.2 Å². The standard InChI is InChI=1S/C18H21NO3/c1-5-19-18(20)15-10-9-14(21-4)11-16(15)22-17-12(2)7-6-8-13(17)3/h6-11H,5H2,1-4H3,(H,19,20). The van der Waals surface area contributed by atoms with E-state index in [0.29, 0.717) is 23.6 Å². The summed E-state index contributed by atoms with van der Waals surface area (Å²) in [4.78, 5) is 12.2. The predicted molar refractivity (Wildman–Crippen MR) is 87.0 cm³/mol. The molecule has 2 aromatic rings. The van der Waals surface area contributed by atoms with Crippen molar-refractivity contribution in [3.63, 3.8) is 0 Å². The fourth-order valence-corrected chi connectivity index (χ4v) is 2.23. The number of amides is 1. The second kappa shape index (κ2) is 6.98. The van der Waals surface area contributed by atoms with Gasteiger partial charge in [0.2, 0.25) is 0 Å². The summed E-state index contributed by atoms with van der Waals surface area (Å²) in [5, 5.41) is 2.79. The average molecular weight is 299 g/mol. The number of methoxy groups -OCH3 is 1. The number of benzene rings is 2. The molecule has 0 fully saturated rings. The molecular weight excluding hydrogens is 278 g/mol. The van der Waals surface area contributed by atoms with Crippen LogP contribution in [-0.2, 0) is 0 Å². The SMILES string of the molecule is CCNC(=O)c1ccc(OC)cc1Oc1c(C)cccc1C. The monoisotopic (exact) mass is 299 g/mol.